The molecule has 1 heterocycles. The van der Waals surface area contributed by atoms with Crippen molar-refractivity contribution in [2.24, 2.45) is 0 Å². The third kappa shape index (κ3) is 3.62. The van der Waals surface area contributed by atoms with E-state index in [0.717, 1.165) is 5.56 Å². The molecule has 1 atom stereocenters. The van der Waals surface area contributed by atoms with Crippen molar-refractivity contribution in [3.05, 3.63) is 51.9 Å². The Hall–Kier alpha value is -2.40. The molecule has 1 aromatic carbocycles. The van der Waals surface area contributed by atoms with Crippen molar-refractivity contribution < 1.29 is 14.3 Å². The molecule has 22 heavy (non-hydrogen) atoms. The predicted molar refractivity (Wildman–Crippen MR) is 85.6 cm³/mol. The number of hydrogen-bond donors (Lipinski definition) is 2. The number of aliphatic hydroxyl groups excluding tert-OH is 1. The number of aliphatic hydroxyl groups is 1. The van der Waals surface area contributed by atoms with Crippen molar-refractivity contribution >= 4 is 23.0 Å². The van der Waals surface area contributed by atoms with E-state index in [2.05, 4.69) is 5.32 Å². The van der Waals surface area contributed by atoms with Crippen molar-refractivity contribution in [2.75, 3.05) is 6.61 Å². The fraction of sp³-hybridized carbons (Fsp3) is 0.294. The number of fused-ring (bicyclic) bond motifs is 1. The number of rotatable bonds is 5. The first-order valence-electron chi connectivity index (χ1n) is 7.16. The van der Waals surface area contributed by atoms with Crippen LogP contribution in [0.5, 0.6) is 0 Å². The van der Waals surface area contributed by atoms with E-state index >= 15 is 0 Å². The number of carbonyl (C=O) groups is 1. The predicted octanol–water partition coefficient (Wildman–Crippen LogP) is 2.00. The largest absolute Gasteiger partial charge is 0.463 e. The Kier molecular flexibility index (Phi) is 5.12. The van der Waals surface area contributed by atoms with Crippen molar-refractivity contribution in [3.63, 3.8) is 0 Å². The zero-order chi connectivity index (χ0) is 16.1. The molecule has 0 aliphatic heterocycles. The molecule has 0 aliphatic rings. The maximum atomic E-state index is 12.3. The fourth-order valence-electron chi connectivity index (χ4n) is 2.07. The minimum Gasteiger partial charge on any atom is -0.463 e. The zero-order valence-corrected chi connectivity index (χ0v) is 12.6. The van der Waals surface area contributed by atoms with E-state index in [9.17, 15) is 9.59 Å². The Balaban J connectivity index is 2.24. The molecule has 0 saturated carbocycles. The molecule has 0 saturated heterocycles. The van der Waals surface area contributed by atoms with Crippen molar-refractivity contribution in [1.29, 1.82) is 0 Å². The lowest BCUT2D eigenvalue weighted by atomic mass is 10.1. The van der Waals surface area contributed by atoms with Gasteiger partial charge in [-0.15, -0.1) is 0 Å². The maximum Gasteiger partial charge on any atom is 0.244 e. The number of aryl methyl sites for hydroxylation is 1. The van der Waals surface area contributed by atoms with Gasteiger partial charge >= 0.3 is 0 Å². The average Bonchev–Trinajstić information content (AvgIpc) is 2.52. The summed E-state index contributed by atoms with van der Waals surface area (Å²) in [5.74, 6) is -0.357. The lowest BCUT2D eigenvalue weighted by Crippen LogP contribution is -2.35. The Morgan fingerprint density at radius 1 is 1.45 bits per heavy atom. The molecular formula is C17H19NO4. The Morgan fingerprint density at radius 2 is 2.23 bits per heavy atom. The molecule has 0 fully saturated rings. The van der Waals surface area contributed by atoms with Gasteiger partial charge in [-0.3, -0.25) is 9.59 Å². The van der Waals surface area contributed by atoms with Crippen LogP contribution in [0.15, 0.2) is 39.7 Å². The molecule has 1 aromatic heterocycles. The highest BCUT2D eigenvalue weighted by atomic mass is 16.3. The first kappa shape index (κ1) is 16.0. The van der Waals surface area contributed by atoms with Crippen LogP contribution in [0.25, 0.3) is 17.0 Å². The molecular weight excluding hydrogens is 282 g/mol. The third-order valence-electron chi connectivity index (χ3n) is 3.43. The molecule has 2 N–H and O–H groups in total. The monoisotopic (exact) mass is 301 g/mol. The second-order valence-electron chi connectivity index (χ2n) is 5.15. The van der Waals surface area contributed by atoms with Crippen LogP contribution in [0, 0.1) is 6.92 Å². The highest BCUT2D eigenvalue weighted by Gasteiger charge is 2.08. The molecule has 1 amide bonds. The van der Waals surface area contributed by atoms with Crippen LogP contribution in [-0.4, -0.2) is 23.7 Å². The number of amides is 1. The molecule has 2 aromatic rings. The second-order valence-corrected chi connectivity index (χ2v) is 5.15. The summed E-state index contributed by atoms with van der Waals surface area (Å²) in [6, 6.07) is 5.10. The Morgan fingerprint density at radius 3 is 2.91 bits per heavy atom. The van der Waals surface area contributed by atoms with Gasteiger partial charge in [-0.1, -0.05) is 18.6 Å². The summed E-state index contributed by atoms with van der Waals surface area (Å²) >= 11 is 0. The van der Waals surface area contributed by atoms with Gasteiger partial charge in [0.1, 0.15) is 11.8 Å². The molecule has 5 heteroatoms. The molecule has 5 nitrogen and oxygen atoms in total. The summed E-state index contributed by atoms with van der Waals surface area (Å²) in [6.07, 6.45) is 4.67. The zero-order valence-electron chi connectivity index (χ0n) is 12.6. The van der Waals surface area contributed by atoms with Crippen LogP contribution in [0.1, 0.15) is 24.5 Å². The minimum atomic E-state index is -0.357. The highest BCUT2D eigenvalue weighted by molar-refractivity contribution is 5.92. The molecule has 0 spiro atoms. The normalized spacial score (nSPS) is 12.7. The standard InChI is InChI=1S/C17H19NO4/c1-3-13(9-19)18-16(20)7-5-12-10-22-15-6-4-11(2)8-14(15)17(12)21/h4-8,10,13,19H,3,9H2,1-2H3,(H,18,20)/b7-5+. The summed E-state index contributed by atoms with van der Waals surface area (Å²) in [4.78, 5) is 24.1. The summed E-state index contributed by atoms with van der Waals surface area (Å²) in [6.45, 7) is 3.65. The first-order valence-corrected chi connectivity index (χ1v) is 7.16. The highest BCUT2D eigenvalue weighted by Crippen LogP contribution is 2.13. The van der Waals surface area contributed by atoms with Gasteiger partial charge in [0.2, 0.25) is 5.91 Å². The summed E-state index contributed by atoms with van der Waals surface area (Å²) < 4.78 is 5.41. The van der Waals surface area contributed by atoms with E-state index in [4.69, 9.17) is 9.52 Å². The maximum absolute atomic E-state index is 12.3. The molecule has 0 bridgehead atoms. The van der Waals surface area contributed by atoms with Gasteiger partial charge in [0.05, 0.1) is 23.6 Å². The fourth-order valence-corrected chi connectivity index (χ4v) is 2.07. The van der Waals surface area contributed by atoms with Crippen LogP contribution in [0.2, 0.25) is 0 Å². The van der Waals surface area contributed by atoms with E-state index in [1.54, 1.807) is 12.1 Å². The molecule has 0 radical (unpaired) electrons. The quantitative estimate of drug-likeness (QED) is 0.828. The Bertz CT molecular complexity index is 757. The minimum absolute atomic E-state index is 0.118. The van der Waals surface area contributed by atoms with Gasteiger partial charge in [0.25, 0.3) is 0 Å². The van der Waals surface area contributed by atoms with Crippen molar-refractivity contribution in [3.8, 4) is 0 Å². The summed E-state index contributed by atoms with van der Waals surface area (Å²) in [5, 5.41) is 12.2. The topological polar surface area (TPSA) is 79.5 Å². The SMILES string of the molecule is CCC(CO)NC(=O)/C=C/c1coc2ccc(C)cc2c1=O. The number of nitrogens with one attached hydrogen (secondary N) is 1. The number of hydrogen-bond acceptors (Lipinski definition) is 4. The van der Waals surface area contributed by atoms with Crippen LogP contribution in [0.3, 0.4) is 0 Å². The molecule has 0 aliphatic carbocycles. The summed E-state index contributed by atoms with van der Waals surface area (Å²) in [5.41, 5.74) is 1.62. The smallest absolute Gasteiger partial charge is 0.244 e. The first-order chi connectivity index (χ1) is 10.5. The van der Waals surface area contributed by atoms with Crippen LogP contribution in [0.4, 0.5) is 0 Å². The summed E-state index contributed by atoms with van der Waals surface area (Å²) in [7, 11) is 0. The van der Waals surface area contributed by atoms with Gasteiger partial charge in [0.15, 0.2) is 5.43 Å². The van der Waals surface area contributed by atoms with Crippen LogP contribution >= 0.6 is 0 Å². The van der Waals surface area contributed by atoms with E-state index in [0.29, 0.717) is 23.0 Å². The van der Waals surface area contributed by atoms with E-state index < -0.39 is 0 Å². The lowest BCUT2D eigenvalue weighted by Gasteiger charge is -2.11. The van der Waals surface area contributed by atoms with Crippen LogP contribution in [-0.2, 0) is 4.79 Å². The third-order valence-corrected chi connectivity index (χ3v) is 3.43. The van der Waals surface area contributed by atoms with Gasteiger partial charge in [-0.25, -0.2) is 0 Å². The molecule has 116 valence electrons. The second kappa shape index (κ2) is 7.04. The van der Waals surface area contributed by atoms with Gasteiger partial charge in [-0.05, 0) is 31.6 Å². The van der Waals surface area contributed by atoms with Gasteiger partial charge < -0.3 is 14.8 Å². The van der Waals surface area contributed by atoms with E-state index in [-0.39, 0.29) is 24.0 Å². The molecule has 2 rings (SSSR count). The lowest BCUT2D eigenvalue weighted by molar-refractivity contribution is -0.117. The van der Waals surface area contributed by atoms with Crippen molar-refractivity contribution in [2.45, 2.75) is 26.3 Å². The van der Waals surface area contributed by atoms with Gasteiger partial charge in [-0.2, -0.15) is 0 Å². The van der Waals surface area contributed by atoms with E-state index in [1.807, 2.05) is 19.9 Å². The number of benzene rings is 1. The van der Waals surface area contributed by atoms with Crippen LogP contribution < -0.4 is 10.7 Å². The Labute approximate surface area is 128 Å². The van der Waals surface area contributed by atoms with E-state index in [1.165, 1.54) is 18.4 Å². The molecule has 1 unspecified atom stereocenters. The van der Waals surface area contributed by atoms with Crippen molar-refractivity contribution in [1.82, 2.24) is 5.32 Å². The average molecular weight is 301 g/mol. The van der Waals surface area contributed by atoms with Gasteiger partial charge in [0, 0.05) is 6.08 Å². The number of carbonyl (C=O) groups excluding carboxylic acids is 1.